The smallest absolute Gasteiger partial charge is 0.0226 e. The average Bonchev–Trinajstić information content (AvgIpc) is 2.17. The number of hydrogen-bond donors (Lipinski definition) is 0. The van der Waals surface area contributed by atoms with Crippen molar-refractivity contribution in [3.8, 4) is 0 Å². The monoisotopic (exact) mass is 260 g/mol. The van der Waals surface area contributed by atoms with E-state index >= 15 is 0 Å². The summed E-state index contributed by atoms with van der Waals surface area (Å²) in [5, 5.41) is 1.04. The molecular weight excluding hydrogens is 247 g/mol. The van der Waals surface area contributed by atoms with Crippen molar-refractivity contribution in [2.75, 3.05) is 11.2 Å². The Bertz CT molecular complexity index is 230. The van der Waals surface area contributed by atoms with Crippen molar-refractivity contribution in [1.82, 2.24) is 0 Å². The number of benzene rings is 1. The zero-order chi connectivity index (χ0) is 9.52. The predicted molar refractivity (Wildman–Crippen MR) is 63.0 cm³/mol. The summed E-state index contributed by atoms with van der Waals surface area (Å²) in [7, 11) is 0. The lowest BCUT2D eigenvalue weighted by molar-refractivity contribution is 0.927. The molecule has 1 rings (SSSR count). The van der Waals surface area contributed by atoms with Crippen LogP contribution in [0.5, 0.6) is 0 Å². The van der Waals surface area contributed by atoms with E-state index in [4.69, 9.17) is 11.6 Å². The molecule has 0 N–H and O–H groups in total. The van der Waals surface area contributed by atoms with Crippen LogP contribution in [-0.4, -0.2) is 11.2 Å². The van der Waals surface area contributed by atoms with Gasteiger partial charge in [0.05, 0.1) is 0 Å². The van der Waals surface area contributed by atoms with Gasteiger partial charge < -0.3 is 0 Å². The zero-order valence-electron chi connectivity index (χ0n) is 7.60. The number of aryl methyl sites for hydroxylation is 2. The fraction of sp³-hybridized carbons (Fsp3) is 0.455. The van der Waals surface area contributed by atoms with E-state index in [1.165, 1.54) is 11.1 Å². The summed E-state index contributed by atoms with van der Waals surface area (Å²) in [4.78, 5) is 0. The fourth-order valence-electron chi connectivity index (χ4n) is 1.25. The maximum absolute atomic E-state index is 5.63. The molecule has 0 atom stereocenters. The second-order valence-electron chi connectivity index (χ2n) is 3.05. The largest absolute Gasteiger partial charge is 0.127 e. The minimum atomic E-state index is 0.753. The molecule has 1 aromatic carbocycles. The van der Waals surface area contributed by atoms with Gasteiger partial charge in [0.25, 0.3) is 0 Å². The lowest BCUT2D eigenvalue weighted by Gasteiger charge is -2.01. The lowest BCUT2D eigenvalue weighted by atomic mass is 10.1. The van der Waals surface area contributed by atoms with E-state index in [2.05, 4.69) is 40.2 Å². The summed E-state index contributed by atoms with van der Waals surface area (Å²) in [6, 6.07) is 8.80. The fourth-order valence-corrected chi connectivity index (χ4v) is 1.84. The van der Waals surface area contributed by atoms with Crippen LogP contribution < -0.4 is 0 Å². The van der Waals surface area contributed by atoms with Crippen LogP contribution >= 0.6 is 27.5 Å². The number of alkyl halides is 2. The SMILES string of the molecule is ClCCCc1ccc(CCBr)cc1. The Hall–Kier alpha value is -0.0100. The number of rotatable bonds is 5. The topological polar surface area (TPSA) is 0 Å². The van der Waals surface area contributed by atoms with Crippen LogP contribution in [0.4, 0.5) is 0 Å². The molecule has 0 aliphatic carbocycles. The highest BCUT2D eigenvalue weighted by Gasteiger charge is 1.94. The van der Waals surface area contributed by atoms with Crippen LogP contribution in [0.3, 0.4) is 0 Å². The summed E-state index contributed by atoms with van der Waals surface area (Å²) in [5.74, 6) is 0.753. The molecule has 0 spiro atoms. The quantitative estimate of drug-likeness (QED) is 0.708. The number of hydrogen-bond acceptors (Lipinski definition) is 0. The first-order valence-electron chi connectivity index (χ1n) is 4.56. The highest BCUT2D eigenvalue weighted by molar-refractivity contribution is 9.09. The summed E-state index contributed by atoms with van der Waals surface area (Å²) >= 11 is 9.06. The van der Waals surface area contributed by atoms with E-state index < -0.39 is 0 Å². The van der Waals surface area contributed by atoms with Crippen LogP contribution in [-0.2, 0) is 12.8 Å². The zero-order valence-corrected chi connectivity index (χ0v) is 9.94. The van der Waals surface area contributed by atoms with Crippen LogP contribution in [0.1, 0.15) is 17.5 Å². The van der Waals surface area contributed by atoms with E-state index in [1.807, 2.05) is 0 Å². The summed E-state index contributed by atoms with van der Waals surface area (Å²) in [5.41, 5.74) is 2.78. The van der Waals surface area contributed by atoms with Gasteiger partial charge in [0.15, 0.2) is 0 Å². The second-order valence-corrected chi connectivity index (χ2v) is 4.22. The first kappa shape index (κ1) is 11.1. The summed E-state index contributed by atoms with van der Waals surface area (Å²) in [6.45, 7) is 0. The van der Waals surface area contributed by atoms with E-state index in [0.29, 0.717) is 0 Å². The van der Waals surface area contributed by atoms with E-state index in [0.717, 1.165) is 30.5 Å². The molecule has 13 heavy (non-hydrogen) atoms. The van der Waals surface area contributed by atoms with E-state index in [1.54, 1.807) is 0 Å². The highest BCUT2D eigenvalue weighted by atomic mass is 79.9. The van der Waals surface area contributed by atoms with Gasteiger partial charge in [0, 0.05) is 11.2 Å². The van der Waals surface area contributed by atoms with Gasteiger partial charge in [-0.05, 0) is 30.4 Å². The Morgan fingerprint density at radius 2 is 1.54 bits per heavy atom. The van der Waals surface area contributed by atoms with Gasteiger partial charge in [0.2, 0.25) is 0 Å². The first-order valence-corrected chi connectivity index (χ1v) is 6.22. The molecule has 0 fully saturated rings. The molecule has 0 amide bonds. The summed E-state index contributed by atoms with van der Waals surface area (Å²) in [6.07, 6.45) is 3.27. The Labute approximate surface area is 93.4 Å². The van der Waals surface area contributed by atoms with Crippen molar-refractivity contribution in [1.29, 1.82) is 0 Å². The van der Waals surface area contributed by atoms with E-state index in [-0.39, 0.29) is 0 Å². The van der Waals surface area contributed by atoms with Crippen molar-refractivity contribution in [2.24, 2.45) is 0 Å². The predicted octanol–water partition coefficient (Wildman–Crippen LogP) is 3.80. The molecule has 0 saturated heterocycles. The normalized spacial score (nSPS) is 10.3. The molecule has 0 aliphatic heterocycles. The molecule has 0 aliphatic rings. The Kier molecular flexibility index (Phi) is 5.49. The Morgan fingerprint density at radius 3 is 2.00 bits per heavy atom. The maximum atomic E-state index is 5.63. The van der Waals surface area contributed by atoms with Gasteiger partial charge in [-0.25, -0.2) is 0 Å². The van der Waals surface area contributed by atoms with Gasteiger partial charge in [-0.2, -0.15) is 0 Å². The van der Waals surface area contributed by atoms with Crippen molar-refractivity contribution >= 4 is 27.5 Å². The number of halogens is 2. The van der Waals surface area contributed by atoms with Crippen LogP contribution in [0.15, 0.2) is 24.3 Å². The van der Waals surface area contributed by atoms with Crippen molar-refractivity contribution in [2.45, 2.75) is 19.3 Å². The maximum Gasteiger partial charge on any atom is 0.0226 e. The van der Waals surface area contributed by atoms with Crippen molar-refractivity contribution in [3.05, 3.63) is 35.4 Å². The Morgan fingerprint density at radius 1 is 1.00 bits per heavy atom. The summed E-state index contributed by atoms with van der Waals surface area (Å²) < 4.78 is 0. The van der Waals surface area contributed by atoms with Crippen LogP contribution in [0.2, 0.25) is 0 Å². The van der Waals surface area contributed by atoms with Gasteiger partial charge in [-0.3, -0.25) is 0 Å². The third-order valence-corrected chi connectivity index (χ3v) is 2.67. The van der Waals surface area contributed by atoms with Gasteiger partial charge in [0.1, 0.15) is 0 Å². The van der Waals surface area contributed by atoms with Crippen LogP contribution in [0.25, 0.3) is 0 Å². The third-order valence-electron chi connectivity index (χ3n) is 2.01. The van der Waals surface area contributed by atoms with E-state index in [9.17, 15) is 0 Å². The van der Waals surface area contributed by atoms with Gasteiger partial charge >= 0.3 is 0 Å². The third kappa shape index (κ3) is 4.15. The molecule has 0 aromatic heterocycles. The molecule has 0 unspecified atom stereocenters. The first-order chi connectivity index (χ1) is 6.36. The minimum Gasteiger partial charge on any atom is -0.127 e. The molecule has 0 radical (unpaired) electrons. The van der Waals surface area contributed by atoms with Gasteiger partial charge in [-0.15, -0.1) is 11.6 Å². The van der Waals surface area contributed by atoms with Crippen molar-refractivity contribution < 1.29 is 0 Å². The highest BCUT2D eigenvalue weighted by Crippen LogP contribution is 2.08. The molecular formula is C11H14BrCl. The van der Waals surface area contributed by atoms with Gasteiger partial charge in [-0.1, -0.05) is 40.2 Å². The molecule has 0 nitrogen and oxygen atoms in total. The molecule has 0 saturated carbocycles. The standard InChI is InChI=1S/C11H14BrCl/c12-8-7-11-5-3-10(4-6-11)2-1-9-13/h3-6H,1-2,7-9H2. The Balaban J connectivity index is 2.48. The molecule has 0 heterocycles. The minimum absolute atomic E-state index is 0.753. The van der Waals surface area contributed by atoms with Crippen molar-refractivity contribution in [3.63, 3.8) is 0 Å². The molecule has 72 valence electrons. The lowest BCUT2D eigenvalue weighted by Crippen LogP contribution is -1.89. The molecule has 1 aromatic rings. The molecule has 0 bridgehead atoms. The van der Waals surface area contributed by atoms with Crippen LogP contribution in [0, 0.1) is 0 Å². The average molecular weight is 262 g/mol. The second kappa shape index (κ2) is 6.44. The molecule has 2 heteroatoms.